The lowest BCUT2D eigenvalue weighted by Gasteiger charge is -2.19. The molecule has 0 aliphatic rings. The Morgan fingerprint density at radius 3 is 2.16 bits per heavy atom. The fourth-order valence-electron chi connectivity index (χ4n) is 3.77. The predicted octanol–water partition coefficient (Wildman–Crippen LogP) is 7.16. The topological polar surface area (TPSA) is 104 Å². The Hall–Kier alpha value is -1.88. The first-order valence-corrected chi connectivity index (χ1v) is 15.6. The normalized spacial score (nSPS) is 12.4. The van der Waals surface area contributed by atoms with Gasteiger partial charge in [-0.15, -0.1) is 0 Å². The summed E-state index contributed by atoms with van der Waals surface area (Å²) < 4.78 is 65.0. The molecule has 0 aromatic heterocycles. The maximum atomic E-state index is 14.0. The smallest absolute Gasteiger partial charge is 0.320 e. The predicted molar refractivity (Wildman–Crippen MR) is 146 cm³/mol. The molecule has 0 saturated carbocycles. The average Bonchev–Trinajstić information content (AvgIpc) is 2.78. The van der Waals surface area contributed by atoms with E-state index in [2.05, 4.69) is 20.3 Å². The van der Waals surface area contributed by atoms with Crippen molar-refractivity contribution in [3.8, 4) is 11.1 Å². The minimum atomic E-state index is -5.64. The first-order valence-electron chi connectivity index (χ1n) is 11.0. The molecule has 37 heavy (non-hydrogen) atoms. The Bertz CT molecular complexity index is 1450. The van der Waals surface area contributed by atoms with E-state index in [4.69, 9.17) is 9.79 Å². The minimum absolute atomic E-state index is 0.0561. The molecule has 3 aromatic carbocycles. The summed E-state index contributed by atoms with van der Waals surface area (Å²) in [5, 5.41) is 0. The third-order valence-electron chi connectivity index (χ3n) is 5.49. The molecule has 0 heterocycles. The van der Waals surface area contributed by atoms with Gasteiger partial charge in [0, 0.05) is 21.5 Å². The number of alkyl halides is 2. The van der Waals surface area contributed by atoms with Gasteiger partial charge in [0.25, 0.3) is 0 Å². The Labute approximate surface area is 228 Å². The summed E-state index contributed by atoms with van der Waals surface area (Å²) in [6.45, 7) is 3.55. The Balaban J connectivity index is 1.67. The van der Waals surface area contributed by atoms with E-state index in [9.17, 15) is 21.8 Å². The van der Waals surface area contributed by atoms with Gasteiger partial charge in [-0.3, -0.25) is 4.57 Å². The molecule has 0 spiro atoms. The van der Waals surface area contributed by atoms with E-state index in [1.165, 1.54) is 12.1 Å². The van der Waals surface area contributed by atoms with Crippen molar-refractivity contribution in [2.75, 3.05) is 0 Å². The van der Waals surface area contributed by atoms with Crippen molar-refractivity contribution < 1.29 is 31.6 Å². The highest BCUT2D eigenvalue weighted by Crippen LogP contribution is 2.60. The maximum absolute atomic E-state index is 14.0. The molecule has 0 bridgehead atoms. The monoisotopic (exact) mass is 631 g/mol. The van der Waals surface area contributed by atoms with Crippen molar-refractivity contribution in [1.29, 1.82) is 0 Å². The largest absolute Gasteiger partial charge is 0.399 e. The van der Waals surface area contributed by atoms with Gasteiger partial charge in [0.1, 0.15) is 0 Å². The zero-order valence-corrected chi connectivity index (χ0v) is 24.0. The van der Waals surface area contributed by atoms with Crippen LogP contribution in [0.5, 0.6) is 0 Å². The number of hydrogen-bond donors (Lipinski definition) is 2. The van der Waals surface area contributed by atoms with Crippen LogP contribution in [-0.2, 0) is 38.7 Å². The second-order valence-electron chi connectivity index (χ2n) is 9.04. The molecule has 0 fully saturated rings. The zero-order chi connectivity index (χ0) is 27.4. The van der Waals surface area contributed by atoms with Gasteiger partial charge in [-0.05, 0) is 54.2 Å². The molecule has 0 saturated heterocycles. The summed E-state index contributed by atoms with van der Waals surface area (Å²) in [6, 6.07) is 19.7. The average molecular weight is 632 g/mol. The van der Waals surface area contributed by atoms with Gasteiger partial charge in [-0.2, -0.15) is 33.3 Å². The third kappa shape index (κ3) is 7.81. The second kappa shape index (κ2) is 11.9. The van der Waals surface area contributed by atoms with Crippen molar-refractivity contribution in [3.05, 3.63) is 93.5 Å². The van der Waals surface area contributed by atoms with Crippen molar-refractivity contribution in [3.63, 3.8) is 0 Å². The van der Waals surface area contributed by atoms with Crippen LogP contribution in [0.4, 0.5) is 8.78 Å². The number of hydrogen-bond acceptors (Lipinski definition) is 5. The van der Waals surface area contributed by atoms with Crippen molar-refractivity contribution in [1.82, 2.24) is 0 Å². The van der Waals surface area contributed by atoms with E-state index in [0.29, 0.717) is 17.9 Å². The lowest BCUT2D eigenvalue weighted by atomic mass is 9.90. The minimum Gasteiger partial charge on any atom is -0.320 e. The zero-order valence-electron chi connectivity index (χ0n) is 19.9. The van der Waals surface area contributed by atoms with Crippen LogP contribution in [0.25, 0.3) is 11.1 Å². The molecule has 0 atom stereocenters. The van der Waals surface area contributed by atoms with Crippen LogP contribution >= 0.6 is 35.3 Å². The standard InChI is InChI=1S/C25H25BrF2NO5PS2/c1-24(2,29-37(33)34)14-20-5-3-4-6-21(20)19-10-7-17(8-11-19)15-36-16-18-9-12-22(23(26)13-18)25(27,28)35(30,31)32/h3-13H,14-16H2,1-2H3,(H2,30,31,32). The number of halogens is 3. The van der Waals surface area contributed by atoms with Crippen LogP contribution in [0.1, 0.15) is 36.1 Å². The molecular formula is C25H25BrF2NO5PS2. The lowest BCUT2D eigenvalue weighted by Crippen LogP contribution is -2.20. The number of thioether (sulfide) groups is 1. The van der Waals surface area contributed by atoms with E-state index in [0.717, 1.165) is 33.9 Å². The molecule has 3 rings (SSSR count). The second-order valence-corrected chi connectivity index (χ2v) is 13.2. The van der Waals surface area contributed by atoms with Gasteiger partial charge < -0.3 is 9.79 Å². The van der Waals surface area contributed by atoms with E-state index in [1.807, 2.05) is 48.5 Å². The summed E-state index contributed by atoms with van der Waals surface area (Å²) >= 11 is 4.58. The summed E-state index contributed by atoms with van der Waals surface area (Å²) in [6.07, 6.45) is 0.462. The van der Waals surface area contributed by atoms with Crippen LogP contribution in [0.15, 0.2) is 75.6 Å². The quantitative estimate of drug-likeness (QED) is 0.230. The van der Waals surface area contributed by atoms with E-state index < -0.39 is 34.9 Å². The summed E-state index contributed by atoms with van der Waals surface area (Å²) in [5.74, 6) is 1.19. The molecule has 0 aliphatic carbocycles. The molecule has 198 valence electrons. The lowest BCUT2D eigenvalue weighted by molar-refractivity contribution is 0.0557. The maximum Gasteiger partial charge on any atom is 0.399 e. The molecule has 0 unspecified atom stereocenters. The van der Waals surface area contributed by atoms with Gasteiger partial charge in [-0.25, -0.2) is 0 Å². The molecule has 6 nitrogen and oxygen atoms in total. The molecular weight excluding hydrogens is 607 g/mol. The molecule has 0 amide bonds. The van der Waals surface area contributed by atoms with Crippen LogP contribution in [-0.4, -0.2) is 23.7 Å². The summed E-state index contributed by atoms with van der Waals surface area (Å²) in [7, 11) is -8.12. The first kappa shape index (κ1) is 29.7. The summed E-state index contributed by atoms with van der Waals surface area (Å²) in [4.78, 5) is 17.9. The Kier molecular flexibility index (Phi) is 9.53. The number of benzene rings is 3. The van der Waals surface area contributed by atoms with Crippen LogP contribution < -0.4 is 0 Å². The van der Waals surface area contributed by atoms with Crippen LogP contribution in [0, 0.1) is 0 Å². The SMILES string of the molecule is CC(C)(Cc1ccccc1-c1ccc(CSCc2ccc(C(F)(F)P(=O)(O)O)c(Br)c2)cc1)N=S(=O)=O. The number of nitrogens with zero attached hydrogens (tertiary/aromatic N) is 1. The van der Waals surface area contributed by atoms with E-state index >= 15 is 0 Å². The van der Waals surface area contributed by atoms with Crippen LogP contribution in [0.2, 0.25) is 0 Å². The van der Waals surface area contributed by atoms with Crippen molar-refractivity contribution in [2.45, 2.75) is 43.0 Å². The highest BCUT2D eigenvalue weighted by Gasteiger charge is 2.51. The highest BCUT2D eigenvalue weighted by atomic mass is 79.9. The third-order valence-corrected chi connectivity index (χ3v) is 8.83. The number of rotatable bonds is 10. The van der Waals surface area contributed by atoms with E-state index in [-0.39, 0.29) is 4.47 Å². The molecule has 0 radical (unpaired) electrons. The van der Waals surface area contributed by atoms with Crippen LogP contribution in [0.3, 0.4) is 0 Å². The molecule has 0 aliphatic heterocycles. The Morgan fingerprint density at radius 2 is 1.57 bits per heavy atom. The highest BCUT2D eigenvalue weighted by molar-refractivity contribution is 9.10. The van der Waals surface area contributed by atoms with Crippen molar-refractivity contribution in [2.24, 2.45) is 4.36 Å². The summed E-state index contributed by atoms with van der Waals surface area (Å²) in [5.41, 5.74) is -1.000. The van der Waals surface area contributed by atoms with Crippen molar-refractivity contribution >= 4 is 45.8 Å². The van der Waals surface area contributed by atoms with Gasteiger partial charge in [0.05, 0.1) is 5.54 Å². The first-order chi connectivity index (χ1) is 17.2. The van der Waals surface area contributed by atoms with Gasteiger partial charge in [-0.1, -0.05) is 76.6 Å². The van der Waals surface area contributed by atoms with Gasteiger partial charge >= 0.3 is 23.8 Å². The van der Waals surface area contributed by atoms with E-state index in [1.54, 1.807) is 25.6 Å². The van der Waals surface area contributed by atoms with Gasteiger partial charge in [0.2, 0.25) is 0 Å². The molecule has 12 heteroatoms. The van der Waals surface area contributed by atoms with Gasteiger partial charge in [0.15, 0.2) is 0 Å². The Morgan fingerprint density at radius 1 is 0.973 bits per heavy atom. The molecule has 3 aromatic rings. The fraction of sp³-hybridized carbons (Fsp3) is 0.280. The molecule has 2 N–H and O–H groups in total. The fourth-order valence-corrected chi connectivity index (χ4v) is 6.52.